The molecular formula is C36H39N5O3. The van der Waals surface area contributed by atoms with Gasteiger partial charge in [-0.15, -0.1) is 0 Å². The largest absolute Gasteiger partial charge is 0.489 e. The smallest absolute Gasteiger partial charge is 0.323 e. The maximum absolute atomic E-state index is 13.7. The first kappa shape index (κ1) is 29.3. The highest BCUT2D eigenvalue weighted by Gasteiger charge is 2.27. The molecule has 0 saturated carbocycles. The molecule has 6 rings (SSSR count). The quantitative estimate of drug-likeness (QED) is 0.241. The Hall–Kier alpha value is -4.82. The lowest BCUT2D eigenvalue weighted by Crippen LogP contribution is -2.46. The van der Waals surface area contributed by atoms with Gasteiger partial charge in [-0.05, 0) is 79.9 Å². The van der Waals surface area contributed by atoms with Crippen molar-refractivity contribution in [1.29, 1.82) is 0 Å². The number of urea groups is 1. The summed E-state index contributed by atoms with van der Waals surface area (Å²) in [5, 5.41) is 5.73. The Morgan fingerprint density at radius 2 is 1.50 bits per heavy atom. The number of amides is 3. The average molecular weight is 590 g/mol. The van der Waals surface area contributed by atoms with Crippen LogP contribution in [0.1, 0.15) is 35.3 Å². The molecular weight excluding hydrogens is 550 g/mol. The fourth-order valence-electron chi connectivity index (χ4n) is 5.92. The lowest BCUT2D eigenvalue weighted by atomic mass is 10.1. The van der Waals surface area contributed by atoms with Crippen LogP contribution >= 0.6 is 0 Å². The average Bonchev–Trinajstić information content (AvgIpc) is 3.45. The summed E-state index contributed by atoms with van der Waals surface area (Å²) in [7, 11) is 0. The van der Waals surface area contributed by atoms with E-state index in [1.54, 1.807) is 0 Å². The molecule has 2 aliphatic heterocycles. The van der Waals surface area contributed by atoms with Crippen molar-refractivity contribution in [2.45, 2.75) is 32.9 Å². The molecule has 1 saturated heterocycles. The number of carbonyl (C=O) groups is 2. The molecule has 4 aromatic carbocycles. The predicted molar refractivity (Wildman–Crippen MR) is 177 cm³/mol. The number of ether oxygens (including phenoxy) is 1. The molecule has 0 aromatic heterocycles. The van der Waals surface area contributed by atoms with Gasteiger partial charge in [0.2, 0.25) is 0 Å². The first-order chi connectivity index (χ1) is 21.4. The zero-order valence-electron chi connectivity index (χ0n) is 25.3. The van der Waals surface area contributed by atoms with Gasteiger partial charge in [-0.2, -0.15) is 0 Å². The maximum Gasteiger partial charge on any atom is 0.323 e. The third-order valence-electron chi connectivity index (χ3n) is 8.04. The van der Waals surface area contributed by atoms with Crippen molar-refractivity contribution < 1.29 is 14.3 Å². The zero-order valence-corrected chi connectivity index (χ0v) is 25.3. The third kappa shape index (κ3) is 6.87. The highest BCUT2D eigenvalue weighted by atomic mass is 16.5. The van der Waals surface area contributed by atoms with Gasteiger partial charge in [0.05, 0.1) is 11.8 Å². The monoisotopic (exact) mass is 589 g/mol. The van der Waals surface area contributed by atoms with Crippen LogP contribution < -0.4 is 25.2 Å². The number of para-hydroxylation sites is 3. The first-order valence-electron chi connectivity index (χ1n) is 15.3. The van der Waals surface area contributed by atoms with Crippen molar-refractivity contribution in [3.8, 4) is 5.75 Å². The normalized spacial score (nSPS) is 14.8. The van der Waals surface area contributed by atoms with E-state index >= 15 is 0 Å². The van der Waals surface area contributed by atoms with Crippen LogP contribution in [0.5, 0.6) is 5.75 Å². The van der Waals surface area contributed by atoms with Gasteiger partial charge < -0.3 is 25.2 Å². The molecule has 2 heterocycles. The molecule has 4 aromatic rings. The fraction of sp³-hybridized carbons (Fsp3) is 0.278. The van der Waals surface area contributed by atoms with Crippen LogP contribution in [-0.4, -0.2) is 55.7 Å². The summed E-state index contributed by atoms with van der Waals surface area (Å²) in [5.74, 6) is 0.909. The van der Waals surface area contributed by atoms with Crippen molar-refractivity contribution >= 4 is 34.7 Å². The van der Waals surface area contributed by atoms with Gasteiger partial charge in [0, 0.05) is 61.9 Å². The van der Waals surface area contributed by atoms with Crippen LogP contribution in [0.15, 0.2) is 97.1 Å². The molecule has 0 aliphatic carbocycles. The molecule has 0 atom stereocenters. The lowest BCUT2D eigenvalue weighted by Gasteiger charge is -2.37. The predicted octanol–water partition coefficient (Wildman–Crippen LogP) is 6.64. The molecule has 44 heavy (non-hydrogen) atoms. The molecule has 226 valence electrons. The SMILES string of the molecule is CC(C)Oc1ccccc1N1CCN(Cc2cccc(C(=O)N3CCc4ccc(NC(=O)Nc5ccccc5)cc43)c2)CC1. The van der Waals surface area contributed by atoms with Crippen LogP contribution in [0.4, 0.5) is 27.5 Å². The highest BCUT2D eigenvalue weighted by molar-refractivity contribution is 6.08. The topological polar surface area (TPSA) is 77.2 Å². The lowest BCUT2D eigenvalue weighted by molar-refractivity contribution is 0.0989. The van der Waals surface area contributed by atoms with Crippen molar-refractivity contribution in [2.24, 2.45) is 0 Å². The second-order valence-corrected chi connectivity index (χ2v) is 11.6. The van der Waals surface area contributed by atoms with E-state index in [2.05, 4.69) is 52.5 Å². The minimum absolute atomic E-state index is 0.0249. The van der Waals surface area contributed by atoms with Gasteiger partial charge in [0.25, 0.3) is 5.91 Å². The van der Waals surface area contributed by atoms with Crippen molar-refractivity contribution in [3.63, 3.8) is 0 Å². The zero-order chi connectivity index (χ0) is 30.5. The van der Waals surface area contributed by atoms with Crippen LogP contribution in [0, 0.1) is 0 Å². The van der Waals surface area contributed by atoms with Crippen LogP contribution in [0.2, 0.25) is 0 Å². The Morgan fingerprint density at radius 3 is 2.30 bits per heavy atom. The first-order valence-corrected chi connectivity index (χ1v) is 15.3. The summed E-state index contributed by atoms with van der Waals surface area (Å²) >= 11 is 0. The number of anilines is 4. The number of nitrogens with zero attached hydrogens (tertiary/aromatic N) is 3. The minimum atomic E-state index is -0.325. The number of piperazine rings is 1. The summed E-state index contributed by atoms with van der Waals surface area (Å²) in [4.78, 5) is 32.9. The van der Waals surface area contributed by atoms with Crippen molar-refractivity contribution in [2.75, 3.05) is 53.2 Å². The summed E-state index contributed by atoms with van der Waals surface area (Å²) in [6.45, 7) is 9.21. The van der Waals surface area contributed by atoms with E-state index in [1.807, 2.05) is 83.8 Å². The van der Waals surface area contributed by atoms with Crippen LogP contribution in [0.25, 0.3) is 0 Å². The van der Waals surface area contributed by atoms with E-state index in [9.17, 15) is 9.59 Å². The van der Waals surface area contributed by atoms with Crippen LogP contribution in [0.3, 0.4) is 0 Å². The molecule has 0 spiro atoms. The molecule has 0 bridgehead atoms. The number of hydrogen-bond donors (Lipinski definition) is 2. The summed E-state index contributed by atoms with van der Waals surface area (Å²) in [6, 6.07) is 31.0. The second-order valence-electron chi connectivity index (χ2n) is 11.6. The Morgan fingerprint density at radius 1 is 0.750 bits per heavy atom. The van der Waals surface area contributed by atoms with Gasteiger partial charge in [0.1, 0.15) is 5.75 Å². The Bertz CT molecular complexity index is 1620. The van der Waals surface area contributed by atoms with Gasteiger partial charge in [-0.3, -0.25) is 9.69 Å². The van der Waals surface area contributed by atoms with Gasteiger partial charge in [-0.1, -0.05) is 48.5 Å². The standard InChI is InChI=1S/C36H39N5O3/c1-26(2)44-34-14-7-6-13-32(34)40-21-19-39(20-22-40)25-27-9-8-10-29(23-27)35(42)41-18-17-28-15-16-31(24-33(28)41)38-36(43)37-30-11-4-3-5-12-30/h3-16,23-24,26H,17-22,25H2,1-2H3,(H2,37,38,43). The van der Waals surface area contributed by atoms with E-state index in [-0.39, 0.29) is 18.0 Å². The summed E-state index contributed by atoms with van der Waals surface area (Å²) in [6.07, 6.45) is 0.916. The molecule has 1 fully saturated rings. The molecule has 8 nitrogen and oxygen atoms in total. The summed E-state index contributed by atoms with van der Waals surface area (Å²) < 4.78 is 6.05. The van der Waals surface area contributed by atoms with E-state index in [0.717, 1.165) is 67.4 Å². The number of carbonyl (C=O) groups excluding carboxylic acids is 2. The third-order valence-corrected chi connectivity index (χ3v) is 8.04. The van der Waals surface area contributed by atoms with Gasteiger partial charge in [0.15, 0.2) is 0 Å². The van der Waals surface area contributed by atoms with E-state index in [4.69, 9.17) is 4.74 Å². The van der Waals surface area contributed by atoms with E-state index in [0.29, 0.717) is 23.5 Å². The molecule has 2 aliphatic rings. The van der Waals surface area contributed by atoms with Gasteiger partial charge in [-0.25, -0.2) is 4.79 Å². The Kier molecular flexibility index (Phi) is 8.79. The molecule has 0 unspecified atom stereocenters. The molecule has 0 radical (unpaired) electrons. The number of nitrogens with one attached hydrogen (secondary N) is 2. The second kappa shape index (κ2) is 13.2. The number of benzene rings is 4. The van der Waals surface area contributed by atoms with Gasteiger partial charge >= 0.3 is 6.03 Å². The Balaban J connectivity index is 1.08. The molecule has 8 heteroatoms. The summed E-state index contributed by atoms with van der Waals surface area (Å²) in [5.41, 5.74) is 6.25. The Labute approximate surface area is 259 Å². The maximum atomic E-state index is 13.7. The highest BCUT2D eigenvalue weighted by Crippen LogP contribution is 2.33. The van der Waals surface area contributed by atoms with Crippen LogP contribution in [-0.2, 0) is 13.0 Å². The molecule has 3 amide bonds. The minimum Gasteiger partial charge on any atom is -0.489 e. The van der Waals surface area contributed by atoms with E-state index in [1.165, 1.54) is 0 Å². The number of rotatable bonds is 8. The number of fused-ring (bicyclic) bond motifs is 1. The molecule has 2 N–H and O–H groups in total. The van der Waals surface area contributed by atoms with Crippen molar-refractivity contribution in [1.82, 2.24) is 4.90 Å². The van der Waals surface area contributed by atoms with Crippen molar-refractivity contribution in [3.05, 3.63) is 114 Å². The fourth-order valence-corrected chi connectivity index (χ4v) is 5.92. The number of hydrogen-bond acceptors (Lipinski definition) is 5. The van der Waals surface area contributed by atoms with E-state index < -0.39 is 0 Å².